The molecule has 1 fully saturated rings. The number of carbonyl (C=O) groups is 1. The van der Waals surface area contributed by atoms with Crippen molar-refractivity contribution in [1.29, 1.82) is 0 Å². The minimum atomic E-state index is -0.0662. The third kappa shape index (κ3) is 2.83. The lowest BCUT2D eigenvalue weighted by atomic mass is 9.86. The zero-order valence-electron chi connectivity index (χ0n) is 11.1. The molecule has 1 aliphatic carbocycles. The first-order valence-corrected chi connectivity index (χ1v) is 6.60. The van der Waals surface area contributed by atoms with Gasteiger partial charge in [0.1, 0.15) is 0 Å². The van der Waals surface area contributed by atoms with Crippen molar-refractivity contribution in [3.63, 3.8) is 0 Å². The topological polar surface area (TPSA) is 56.2 Å². The van der Waals surface area contributed by atoms with E-state index < -0.39 is 0 Å². The number of aryl methyl sites for hydroxylation is 1. The van der Waals surface area contributed by atoms with Crippen molar-refractivity contribution in [2.75, 3.05) is 12.4 Å². The summed E-state index contributed by atoms with van der Waals surface area (Å²) in [7, 11) is 1.46. The number of esters is 1. The van der Waals surface area contributed by atoms with Gasteiger partial charge in [-0.15, -0.1) is 0 Å². The Bertz CT molecular complexity index is 395. The molecule has 0 unspecified atom stereocenters. The summed E-state index contributed by atoms with van der Waals surface area (Å²) >= 11 is 0. The Morgan fingerprint density at radius 2 is 2.22 bits per heavy atom. The molecule has 1 N–H and O–H groups in total. The number of anilines is 1. The summed E-state index contributed by atoms with van der Waals surface area (Å²) in [4.78, 5) is 15.7. The number of carbonyl (C=O) groups excluding carboxylic acids is 1. The second kappa shape index (κ2) is 5.89. The second-order valence-corrected chi connectivity index (χ2v) is 4.75. The van der Waals surface area contributed by atoms with E-state index in [4.69, 9.17) is 4.74 Å². The Hall–Kier alpha value is -1.52. The van der Waals surface area contributed by atoms with E-state index in [0.717, 1.165) is 38.2 Å². The van der Waals surface area contributed by atoms with Crippen LogP contribution in [0.5, 0.6) is 0 Å². The molecule has 0 aromatic carbocycles. The van der Waals surface area contributed by atoms with E-state index in [1.165, 1.54) is 7.11 Å². The number of hydrogen-bond donors (Lipinski definition) is 1. The fourth-order valence-electron chi connectivity index (χ4n) is 2.53. The highest BCUT2D eigenvalue weighted by atomic mass is 16.5. The zero-order chi connectivity index (χ0) is 13.0. The van der Waals surface area contributed by atoms with Crippen LogP contribution in [0.1, 0.15) is 32.6 Å². The normalized spacial score (nSPS) is 23.7. The van der Waals surface area contributed by atoms with Crippen molar-refractivity contribution in [3.8, 4) is 0 Å². The molecule has 0 atom stereocenters. The summed E-state index contributed by atoms with van der Waals surface area (Å²) in [6.45, 7) is 3.01. The smallest absolute Gasteiger partial charge is 0.308 e. The molecule has 0 bridgehead atoms. The second-order valence-electron chi connectivity index (χ2n) is 4.75. The molecule has 1 aromatic heterocycles. The van der Waals surface area contributed by atoms with Crippen molar-refractivity contribution in [1.82, 2.24) is 9.55 Å². The molecule has 0 saturated heterocycles. The molecule has 1 aliphatic rings. The van der Waals surface area contributed by atoms with Gasteiger partial charge in [0.05, 0.1) is 13.0 Å². The van der Waals surface area contributed by atoms with Gasteiger partial charge in [0.15, 0.2) is 0 Å². The van der Waals surface area contributed by atoms with Gasteiger partial charge in [-0.3, -0.25) is 4.79 Å². The van der Waals surface area contributed by atoms with Crippen molar-refractivity contribution < 1.29 is 9.53 Å². The summed E-state index contributed by atoms with van der Waals surface area (Å²) in [5.41, 5.74) is 0. The van der Waals surface area contributed by atoms with E-state index in [9.17, 15) is 4.79 Å². The standard InChI is InChI=1S/C13H21N3O2/c1-3-16-9-8-14-13(16)15-11-6-4-10(5-7-11)12(17)18-2/h8-11H,3-7H2,1-2H3,(H,14,15). The van der Waals surface area contributed by atoms with Gasteiger partial charge >= 0.3 is 5.97 Å². The molecule has 2 rings (SSSR count). The summed E-state index contributed by atoms with van der Waals surface area (Å²) < 4.78 is 6.88. The van der Waals surface area contributed by atoms with E-state index in [2.05, 4.69) is 21.8 Å². The minimum Gasteiger partial charge on any atom is -0.469 e. The number of ether oxygens (including phenoxy) is 1. The van der Waals surface area contributed by atoms with Crippen LogP contribution in [0.2, 0.25) is 0 Å². The minimum absolute atomic E-state index is 0.0662. The number of methoxy groups -OCH3 is 1. The van der Waals surface area contributed by atoms with Gasteiger partial charge in [-0.1, -0.05) is 0 Å². The number of hydrogen-bond acceptors (Lipinski definition) is 4. The highest BCUT2D eigenvalue weighted by Crippen LogP contribution is 2.27. The lowest BCUT2D eigenvalue weighted by molar-refractivity contribution is -0.146. The maximum absolute atomic E-state index is 11.4. The Kier molecular flexibility index (Phi) is 4.23. The average Bonchev–Trinajstić information content (AvgIpc) is 2.86. The van der Waals surface area contributed by atoms with Crippen LogP contribution in [0, 0.1) is 5.92 Å². The molecule has 1 heterocycles. The summed E-state index contributed by atoms with van der Waals surface area (Å²) in [5, 5.41) is 3.46. The van der Waals surface area contributed by atoms with Crippen LogP contribution in [-0.2, 0) is 16.1 Å². The number of aromatic nitrogens is 2. The van der Waals surface area contributed by atoms with Crippen molar-refractivity contribution >= 4 is 11.9 Å². The van der Waals surface area contributed by atoms with E-state index >= 15 is 0 Å². The molecule has 1 aromatic rings. The highest BCUT2D eigenvalue weighted by molar-refractivity contribution is 5.72. The SMILES string of the molecule is CCn1ccnc1NC1CCC(C(=O)OC)CC1. The average molecular weight is 251 g/mol. The van der Waals surface area contributed by atoms with Gasteiger partial charge in [-0.2, -0.15) is 0 Å². The number of rotatable bonds is 4. The summed E-state index contributed by atoms with van der Waals surface area (Å²) in [5.74, 6) is 0.946. The van der Waals surface area contributed by atoms with Crippen molar-refractivity contribution in [2.45, 2.75) is 45.2 Å². The van der Waals surface area contributed by atoms with Gasteiger partial charge in [-0.25, -0.2) is 4.98 Å². The van der Waals surface area contributed by atoms with Crippen LogP contribution in [-0.4, -0.2) is 28.7 Å². The van der Waals surface area contributed by atoms with Gasteiger partial charge in [-0.05, 0) is 32.6 Å². The van der Waals surface area contributed by atoms with Crippen molar-refractivity contribution in [2.24, 2.45) is 5.92 Å². The molecule has 100 valence electrons. The first kappa shape index (κ1) is 12.9. The largest absolute Gasteiger partial charge is 0.469 e. The van der Waals surface area contributed by atoms with Crippen LogP contribution in [0.4, 0.5) is 5.95 Å². The molecule has 0 radical (unpaired) electrons. The molecule has 18 heavy (non-hydrogen) atoms. The fourth-order valence-corrected chi connectivity index (χ4v) is 2.53. The lowest BCUT2D eigenvalue weighted by Crippen LogP contribution is -2.30. The Morgan fingerprint density at radius 1 is 1.50 bits per heavy atom. The maximum atomic E-state index is 11.4. The predicted molar refractivity (Wildman–Crippen MR) is 69.3 cm³/mol. The molecular weight excluding hydrogens is 230 g/mol. The Morgan fingerprint density at radius 3 is 2.83 bits per heavy atom. The van der Waals surface area contributed by atoms with Gasteiger partial charge in [0.2, 0.25) is 5.95 Å². The Balaban J connectivity index is 1.85. The van der Waals surface area contributed by atoms with Crippen LogP contribution in [0.15, 0.2) is 12.4 Å². The first-order chi connectivity index (χ1) is 8.74. The van der Waals surface area contributed by atoms with Crippen LogP contribution < -0.4 is 5.32 Å². The zero-order valence-corrected chi connectivity index (χ0v) is 11.1. The van der Waals surface area contributed by atoms with Gasteiger partial charge in [0.25, 0.3) is 0 Å². The van der Waals surface area contributed by atoms with Crippen LogP contribution in [0.25, 0.3) is 0 Å². The van der Waals surface area contributed by atoms with Crippen molar-refractivity contribution in [3.05, 3.63) is 12.4 Å². The van der Waals surface area contributed by atoms with Crippen LogP contribution in [0.3, 0.4) is 0 Å². The predicted octanol–water partition coefficient (Wildman–Crippen LogP) is 2.05. The lowest BCUT2D eigenvalue weighted by Gasteiger charge is -2.28. The molecule has 1 saturated carbocycles. The first-order valence-electron chi connectivity index (χ1n) is 6.60. The third-order valence-electron chi connectivity index (χ3n) is 3.65. The van der Waals surface area contributed by atoms with Gasteiger partial charge in [0, 0.05) is 25.0 Å². The van der Waals surface area contributed by atoms with E-state index in [1.54, 1.807) is 0 Å². The highest BCUT2D eigenvalue weighted by Gasteiger charge is 2.27. The summed E-state index contributed by atoms with van der Waals surface area (Å²) in [6, 6.07) is 0.415. The summed E-state index contributed by atoms with van der Waals surface area (Å²) in [6.07, 6.45) is 7.58. The number of nitrogens with one attached hydrogen (secondary N) is 1. The Labute approximate surface area is 108 Å². The van der Waals surface area contributed by atoms with E-state index in [0.29, 0.717) is 6.04 Å². The molecule has 5 heteroatoms. The van der Waals surface area contributed by atoms with Gasteiger partial charge < -0.3 is 14.6 Å². The monoisotopic (exact) mass is 251 g/mol. The number of imidazole rings is 1. The quantitative estimate of drug-likeness (QED) is 0.832. The molecular formula is C13H21N3O2. The molecule has 0 aliphatic heterocycles. The fraction of sp³-hybridized carbons (Fsp3) is 0.692. The van der Waals surface area contributed by atoms with E-state index in [-0.39, 0.29) is 11.9 Å². The van der Waals surface area contributed by atoms with Crippen LogP contribution >= 0.6 is 0 Å². The van der Waals surface area contributed by atoms with E-state index in [1.807, 2.05) is 12.4 Å². The molecule has 0 amide bonds. The molecule has 0 spiro atoms. The maximum Gasteiger partial charge on any atom is 0.308 e. The number of nitrogens with zero attached hydrogens (tertiary/aromatic N) is 2. The third-order valence-corrected chi connectivity index (χ3v) is 3.65. The molecule has 5 nitrogen and oxygen atoms in total.